The molecule has 1 unspecified atom stereocenters. The lowest BCUT2D eigenvalue weighted by Gasteiger charge is -2.02. The number of hydrogen-bond acceptors (Lipinski definition) is 4. The number of rotatable bonds is 6. The van der Waals surface area contributed by atoms with E-state index in [-0.39, 0.29) is 12.7 Å². The van der Waals surface area contributed by atoms with Crippen LogP contribution < -0.4 is 0 Å². The first-order valence-electron chi connectivity index (χ1n) is 4.54. The number of aliphatic hydroxyl groups excluding tert-OH is 2. The van der Waals surface area contributed by atoms with Gasteiger partial charge in [0.1, 0.15) is 0 Å². The molecule has 2 N–H and O–H groups in total. The largest absolute Gasteiger partial charge is 0.394 e. The molecule has 0 heterocycles. The van der Waals surface area contributed by atoms with Gasteiger partial charge in [-0.15, -0.1) is 0 Å². The predicted molar refractivity (Wildman–Crippen MR) is 51.8 cm³/mol. The van der Waals surface area contributed by atoms with E-state index in [2.05, 4.69) is 4.74 Å². The molecule has 0 aliphatic carbocycles. The monoisotopic (exact) mass is 194 g/mol. The Bertz CT molecular complexity index is 74.0. The summed E-state index contributed by atoms with van der Waals surface area (Å²) in [6.45, 7) is 5.55. The number of ether oxygens (including phenoxy) is 2. The summed E-state index contributed by atoms with van der Waals surface area (Å²) in [5.41, 5.74) is 0. The van der Waals surface area contributed by atoms with Crippen LogP contribution >= 0.6 is 0 Å². The topological polar surface area (TPSA) is 58.9 Å². The van der Waals surface area contributed by atoms with Crippen LogP contribution in [0.1, 0.15) is 20.3 Å². The Morgan fingerprint density at radius 1 is 1.31 bits per heavy atom. The van der Waals surface area contributed by atoms with Gasteiger partial charge in [-0.2, -0.15) is 0 Å². The van der Waals surface area contributed by atoms with E-state index in [9.17, 15) is 0 Å². The zero-order valence-corrected chi connectivity index (χ0v) is 8.82. The second-order valence-corrected chi connectivity index (χ2v) is 2.64. The zero-order valence-electron chi connectivity index (χ0n) is 8.82. The minimum absolute atomic E-state index is 0.122. The Kier molecular flexibility index (Phi) is 16.9. The van der Waals surface area contributed by atoms with E-state index in [1.807, 2.05) is 6.92 Å². The molecule has 0 rings (SSSR count). The van der Waals surface area contributed by atoms with Crippen LogP contribution in [-0.2, 0) is 9.47 Å². The first kappa shape index (κ1) is 15.3. The molecule has 0 radical (unpaired) electrons. The lowest BCUT2D eigenvalue weighted by Crippen LogP contribution is -2.10. The van der Waals surface area contributed by atoms with Crippen molar-refractivity contribution in [1.29, 1.82) is 0 Å². The molecule has 0 bridgehead atoms. The molecule has 0 aromatic carbocycles. The molecule has 0 aliphatic rings. The molecule has 4 nitrogen and oxygen atoms in total. The van der Waals surface area contributed by atoms with Crippen LogP contribution in [0, 0.1) is 0 Å². The van der Waals surface area contributed by atoms with E-state index in [0.29, 0.717) is 13.2 Å². The number of methoxy groups -OCH3 is 1. The third-order valence-corrected chi connectivity index (χ3v) is 1.00. The van der Waals surface area contributed by atoms with Gasteiger partial charge in [-0.25, -0.2) is 0 Å². The van der Waals surface area contributed by atoms with Crippen molar-refractivity contribution in [2.45, 2.75) is 26.4 Å². The van der Waals surface area contributed by atoms with Crippen LogP contribution in [0.3, 0.4) is 0 Å². The predicted octanol–water partition coefficient (Wildman–Crippen LogP) is 0.419. The quantitative estimate of drug-likeness (QED) is 0.602. The Labute approximate surface area is 80.5 Å². The van der Waals surface area contributed by atoms with Crippen molar-refractivity contribution in [2.24, 2.45) is 0 Å². The maximum Gasteiger partial charge on any atom is 0.0745 e. The van der Waals surface area contributed by atoms with Crippen molar-refractivity contribution in [3.63, 3.8) is 0 Å². The molecule has 0 saturated heterocycles. The zero-order chi connectivity index (χ0) is 10.5. The van der Waals surface area contributed by atoms with E-state index in [4.69, 9.17) is 14.9 Å². The molecule has 0 aromatic rings. The van der Waals surface area contributed by atoms with Gasteiger partial charge < -0.3 is 19.7 Å². The van der Waals surface area contributed by atoms with Gasteiger partial charge in [0.15, 0.2) is 0 Å². The van der Waals surface area contributed by atoms with E-state index in [1.54, 1.807) is 14.0 Å². The fourth-order valence-electron chi connectivity index (χ4n) is 0.490. The van der Waals surface area contributed by atoms with Crippen molar-refractivity contribution >= 4 is 0 Å². The first-order valence-corrected chi connectivity index (χ1v) is 4.54. The molecule has 4 heteroatoms. The average molecular weight is 194 g/mol. The molecule has 0 aromatic heterocycles. The lowest BCUT2D eigenvalue weighted by molar-refractivity contribution is 0.0466. The average Bonchev–Trinajstić information content (AvgIpc) is 2.07. The second-order valence-electron chi connectivity index (χ2n) is 2.64. The Morgan fingerprint density at radius 3 is 2.15 bits per heavy atom. The molecular weight excluding hydrogens is 172 g/mol. The highest BCUT2D eigenvalue weighted by molar-refractivity contribution is 4.39. The fraction of sp³-hybridized carbons (Fsp3) is 1.00. The first-order chi connectivity index (χ1) is 6.18. The Balaban J connectivity index is 0. The van der Waals surface area contributed by atoms with Crippen molar-refractivity contribution in [3.05, 3.63) is 0 Å². The maximum absolute atomic E-state index is 8.65. The van der Waals surface area contributed by atoms with E-state index < -0.39 is 0 Å². The third kappa shape index (κ3) is 24.5. The normalized spacial score (nSPS) is 11.8. The highest BCUT2D eigenvalue weighted by Gasteiger charge is 1.91. The van der Waals surface area contributed by atoms with Gasteiger partial charge in [0.25, 0.3) is 0 Å². The van der Waals surface area contributed by atoms with E-state index in [1.165, 1.54) is 0 Å². The van der Waals surface area contributed by atoms with Gasteiger partial charge in [0, 0.05) is 13.7 Å². The fourth-order valence-corrected chi connectivity index (χ4v) is 0.490. The molecule has 0 saturated carbocycles. The summed E-state index contributed by atoms with van der Waals surface area (Å²) in [5, 5.41) is 16.6. The standard InChI is InChI=1S/C6H14O2.C3H8O2/c1-3-4-8-5-6(2)7;1-5-3-2-4/h6-7H,3-5H2,1-2H3;4H,2-3H2,1H3. The molecule has 0 fully saturated rings. The van der Waals surface area contributed by atoms with Crippen molar-refractivity contribution < 1.29 is 19.7 Å². The highest BCUT2D eigenvalue weighted by Crippen LogP contribution is 1.83. The maximum atomic E-state index is 8.65. The summed E-state index contributed by atoms with van der Waals surface area (Å²) in [6, 6.07) is 0. The molecule has 0 spiro atoms. The lowest BCUT2D eigenvalue weighted by atomic mass is 10.4. The van der Waals surface area contributed by atoms with Gasteiger partial charge in [-0.3, -0.25) is 0 Å². The third-order valence-electron chi connectivity index (χ3n) is 1.00. The summed E-state index contributed by atoms with van der Waals surface area (Å²) in [5.74, 6) is 0. The van der Waals surface area contributed by atoms with Gasteiger partial charge in [0.05, 0.1) is 25.9 Å². The summed E-state index contributed by atoms with van der Waals surface area (Å²) < 4.78 is 9.44. The van der Waals surface area contributed by atoms with Crippen molar-refractivity contribution in [1.82, 2.24) is 0 Å². The second kappa shape index (κ2) is 14.4. The van der Waals surface area contributed by atoms with Gasteiger partial charge >= 0.3 is 0 Å². The minimum atomic E-state index is -0.318. The molecule has 0 amide bonds. The van der Waals surface area contributed by atoms with E-state index >= 15 is 0 Å². The van der Waals surface area contributed by atoms with Crippen LogP contribution in [-0.4, -0.2) is 49.9 Å². The van der Waals surface area contributed by atoms with Crippen LogP contribution in [0.2, 0.25) is 0 Å². The van der Waals surface area contributed by atoms with Gasteiger partial charge in [-0.1, -0.05) is 6.92 Å². The molecular formula is C9H22O4. The number of aliphatic hydroxyl groups is 2. The molecule has 1 atom stereocenters. The van der Waals surface area contributed by atoms with Gasteiger partial charge in [-0.05, 0) is 13.3 Å². The number of hydrogen-bond donors (Lipinski definition) is 2. The minimum Gasteiger partial charge on any atom is -0.394 e. The molecule has 13 heavy (non-hydrogen) atoms. The SMILES string of the molecule is CCCOCC(C)O.COCCO. The highest BCUT2D eigenvalue weighted by atomic mass is 16.5. The Morgan fingerprint density at radius 2 is 1.92 bits per heavy atom. The van der Waals surface area contributed by atoms with Crippen LogP contribution in [0.5, 0.6) is 0 Å². The van der Waals surface area contributed by atoms with Crippen LogP contribution in [0.25, 0.3) is 0 Å². The summed E-state index contributed by atoms with van der Waals surface area (Å²) in [6.07, 6.45) is 0.703. The van der Waals surface area contributed by atoms with Crippen molar-refractivity contribution in [3.8, 4) is 0 Å². The van der Waals surface area contributed by atoms with E-state index in [0.717, 1.165) is 13.0 Å². The smallest absolute Gasteiger partial charge is 0.0745 e. The van der Waals surface area contributed by atoms with Crippen molar-refractivity contribution in [2.75, 3.05) is 33.5 Å². The molecule has 0 aliphatic heterocycles. The molecule has 82 valence electrons. The van der Waals surface area contributed by atoms with Crippen LogP contribution in [0.15, 0.2) is 0 Å². The summed E-state index contributed by atoms with van der Waals surface area (Å²) in [7, 11) is 1.55. The van der Waals surface area contributed by atoms with Crippen LogP contribution in [0.4, 0.5) is 0 Å². The summed E-state index contributed by atoms with van der Waals surface area (Å²) in [4.78, 5) is 0. The van der Waals surface area contributed by atoms with Gasteiger partial charge in [0.2, 0.25) is 0 Å². The summed E-state index contributed by atoms with van der Waals surface area (Å²) >= 11 is 0. The Hall–Kier alpha value is -0.160.